The first-order chi connectivity index (χ1) is 5.34. The van der Waals surface area contributed by atoms with Crippen molar-refractivity contribution in [2.45, 2.75) is 11.7 Å². The van der Waals surface area contributed by atoms with Crippen molar-refractivity contribution in [2.24, 2.45) is 11.1 Å². The Hall–Kier alpha value is -0.330. The van der Waals surface area contributed by atoms with Gasteiger partial charge in [0.2, 0.25) is 0 Å². The van der Waals surface area contributed by atoms with E-state index in [1.54, 1.807) is 0 Å². The second-order valence-electron chi connectivity index (χ2n) is 3.19. The quantitative estimate of drug-likeness (QED) is 0.664. The SMILES string of the molecule is CS(=O)(=O)C1CC1(CN)C(=O)O.Cl. The molecule has 0 aromatic carbocycles. The summed E-state index contributed by atoms with van der Waals surface area (Å²) in [6.07, 6.45) is 1.19. The van der Waals surface area contributed by atoms with E-state index in [4.69, 9.17) is 10.8 Å². The average Bonchev–Trinajstić information content (AvgIpc) is 2.60. The summed E-state index contributed by atoms with van der Waals surface area (Å²) >= 11 is 0. The molecule has 3 N–H and O–H groups in total. The maximum Gasteiger partial charge on any atom is 0.312 e. The first kappa shape index (κ1) is 12.7. The fourth-order valence-corrected chi connectivity index (χ4v) is 2.98. The smallest absolute Gasteiger partial charge is 0.312 e. The van der Waals surface area contributed by atoms with Crippen molar-refractivity contribution in [3.05, 3.63) is 0 Å². The first-order valence-electron chi connectivity index (χ1n) is 3.47. The minimum atomic E-state index is -3.26. The lowest BCUT2D eigenvalue weighted by Gasteiger charge is -2.06. The minimum absolute atomic E-state index is 0. The average molecular weight is 230 g/mol. The Morgan fingerprint density at radius 1 is 1.69 bits per heavy atom. The van der Waals surface area contributed by atoms with Gasteiger partial charge >= 0.3 is 5.97 Å². The van der Waals surface area contributed by atoms with Crippen LogP contribution >= 0.6 is 12.4 Å². The zero-order chi connectivity index (χ0) is 9.57. The predicted octanol–water partition coefficient (Wildman–Crippen LogP) is -0.745. The van der Waals surface area contributed by atoms with Crippen LogP contribution in [0.15, 0.2) is 0 Å². The molecule has 5 nitrogen and oxygen atoms in total. The third-order valence-corrected chi connectivity index (χ3v) is 3.96. The fourth-order valence-electron chi connectivity index (χ4n) is 1.36. The van der Waals surface area contributed by atoms with Gasteiger partial charge in [-0.25, -0.2) is 8.42 Å². The first-order valence-corrected chi connectivity index (χ1v) is 5.42. The van der Waals surface area contributed by atoms with Crippen LogP contribution in [-0.2, 0) is 14.6 Å². The highest BCUT2D eigenvalue weighted by Gasteiger charge is 2.64. The van der Waals surface area contributed by atoms with Crippen molar-refractivity contribution >= 4 is 28.2 Å². The molecule has 1 rings (SSSR count). The fraction of sp³-hybridized carbons (Fsp3) is 0.833. The number of carbonyl (C=O) groups is 1. The number of carboxylic acids is 1. The van der Waals surface area contributed by atoms with Crippen LogP contribution < -0.4 is 5.73 Å². The highest BCUT2D eigenvalue weighted by atomic mass is 35.5. The Morgan fingerprint density at radius 3 is 2.23 bits per heavy atom. The van der Waals surface area contributed by atoms with Crippen molar-refractivity contribution in [1.82, 2.24) is 0 Å². The van der Waals surface area contributed by atoms with Crippen molar-refractivity contribution in [1.29, 1.82) is 0 Å². The number of aliphatic carboxylic acids is 1. The zero-order valence-corrected chi connectivity index (χ0v) is 8.69. The normalized spacial score (nSPS) is 32.0. The topological polar surface area (TPSA) is 97.5 Å². The summed E-state index contributed by atoms with van der Waals surface area (Å²) in [5.41, 5.74) is 4.01. The van der Waals surface area contributed by atoms with Crippen molar-refractivity contribution in [2.75, 3.05) is 12.8 Å². The van der Waals surface area contributed by atoms with Crippen LogP contribution in [0.2, 0.25) is 0 Å². The van der Waals surface area contributed by atoms with Gasteiger partial charge in [0, 0.05) is 12.8 Å². The van der Waals surface area contributed by atoms with Crippen LogP contribution in [0, 0.1) is 5.41 Å². The van der Waals surface area contributed by atoms with Gasteiger partial charge in [0.1, 0.15) is 0 Å². The van der Waals surface area contributed by atoms with Gasteiger partial charge in [-0.05, 0) is 6.42 Å². The number of nitrogens with two attached hydrogens (primary N) is 1. The second-order valence-corrected chi connectivity index (χ2v) is 5.42. The molecule has 0 saturated heterocycles. The van der Waals surface area contributed by atoms with Gasteiger partial charge < -0.3 is 10.8 Å². The van der Waals surface area contributed by atoms with Gasteiger partial charge in [0.15, 0.2) is 9.84 Å². The van der Waals surface area contributed by atoms with Crippen LogP contribution in [0.5, 0.6) is 0 Å². The van der Waals surface area contributed by atoms with E-state index in [2.05, 4.69) is 0 Å². The highest BCUT2D eigenvalue weighted by molar-refractivity contribution is 7.91. The number of carboxylic acid groups (broad SMARTS) is 1. The van der Waals surface area contributed by atoms with Gasteiger partial charge in [-0.3, -0.25) is 4.79 Å². The van der Waals surface area contributed by atoms with Crippen LogP contribution in [0.25, 0.3) is 0 Å². The predicted molar refractivity (Wildman–Crippen MR) is 49.6 cm³/mol. The van der Waals surface area contributed by atoms with Gasteiger partial charge in [-0.2, -0.15) is 0 Å². The molecule has 1 saturated carbocycles. The zero-order valence-electron chi connectivity index (χ0n) is 7.06. The molecule has 1 aliphatic rings. The number of hydrogen-bond donors (Lipinski definition) is 2. The van der Waals surface area contributed by atoms with E-state index in [9.17, 15) is 13.2 Å². The third kappa shape index (κ3) is 1.95. The summed E-state index contributed by atoms with van der Waals surface area (Å²) in [6, 6.07) is 0. The Bertz CT molecular complexity index is 315. The third-order valence-electron chi connectivity index (χ3n) is 2.31. The van der Waals surface area contributed by atoms with Crippen LogP contribution in [0.3, 0.4) is 0 Å². The number of sulfone groups is 1. The van der Waals surface area contributed by atoms with E-state index in [1.165, 1.54) is 0 Å². The van der Waals surface area contributed by atoms with E-state index in [0.29, 0.717) is 0 Å². The van der Waals surface area contributed by atoms with Crippen molar-refractivity contribution in [3.63, 3.8) is 0 Å². The van der Waals surface area contributed by atoms with E-state index >= 15 is 0 Å². The molecule has 0 heterocycles. The van der Waals surface area contributed by atoms with Crippen molar-refractivity contribution in [3.8, 4) is 0 Å². The molecule has 7 heteroatoms. The molecular formula is C6H12ClNO4S. The Kier molecular flexibility index (Phi) is 3.35. The van der Waals surface area contributed by atoms with E-state index in [0.717, 1.165) is 6.26 Å². The maximum atomic E-state index is 11.0. The molecular weight excluding hydrogens is 218 g/mol. The lowest BCUT2D eigenvalue weighted by molar-refractivity contribution is -0.142. The Balaban J connectivity index is 0.00000144. The molecule has 78 valence electrons. The molecule has 0 aromatic rings. The highest BCUT2D eigenvalue weighted by Crippen LogP contribution is 2.49. The molecule has 1 aliphatic carbocycles. The summed E-state index contributed by atoms with van der Waals surface area (Å²) in [5, 5.41) is 7.91. The lowest BCUT2D eigenvalue weighted by Crippen LogP contribution is -2.30. The number of halogens is 1. The van der Waals surface area contributed by atoms with Crippen molar-refractivity contribution < 1.29 is 18.3 Å². The molecule has 0 amide bonds. The largest absolute Gasteiger partial charge is 0.481 e. The van der Waals surface area contributed by atoms with Gasteiger partial charge in [0.05, 0.1) is 10.7 Å². The summed E-state index contributed by atoms with van der Waals surface area (Å²) in [5.74, 6) is -1.11. The minimum Gasteiger partial charge on any atom is -0.481 e. The monoisotopic (exact) mass is 229 g/mol. The van der Waals surface area contributed by atoms with Gasteiger partial charge in [0.25, 0.3) is 0 Å². The van der Waals surface area contributed by atoms with E-state index in [1.807, 2.05) is 0 Å². The van der Waals surface area contributed by atoms with Crippen LogP contribution in [-0.4, -0.2) is 37.5 Å². The second kappa shape index (κ2) is 3.43. The lowest BCUT2D eigenvalue weighted by atomic mass is 10.1. The molecule has 2 atom stereocenters. The van der Waals surface area contributed by atoms with Crippen LogP contribution in [0.1, 0.15) is 6.42 Å². The molecule has 0 bridgehead atoms. The molecule has 0 aliphatic heterocycles. The molecule has 0 spiro atoms. The number of rotatable bonds is 3. The Morgan fingerprint density at radius 2 is 2.15 bits per heavy atom. The van der Waals surface area contributed by atoms with E-state index in [-0.39, 0.29) is 25.4 Å². The Labute approximate surface area is 82.6 Å². The summed E-state index contributed by atoms with van der Waals surface area (Å²) in [7, 11) is -3.26. The number of hydrogen-bond acceptors (Lipinski definition) is 4. The summed E-state index contributed by atoms with van der Waals surface area (Å²) in [4.78, 5) is 10.6. The molecule has 0 aromatic heterocycles. The molecule has 2 unspecified atom stereocenters. The summed E-state index contributed by atoms with van der Waals surface area (Å²) < 4.78 is 21.9. The summed E-state index contributed by atoms with van der Waals surface area (Å²) in [6.45, 7) is -0.111. The molecule has 13 heavy (non-hydrogen) atoms. The molecule has 0 radical (unpaired) electrons. The molecule has 1 fully saturated rings. The maximum absolute atomic E-state index is 11.0. The van der Waals surface area contributed by atoms with Gasteiger partial charge in [-0.1, -0.05) is 0 Å². The standard InChI is InChI=1S/C6H11NO4S.ClH/c1-12(10,11)4-2-6(4,3-7)5(8)9;/h4H,2-3,7H2,1H3,(H,8,9);1H. The van der Waals surface area contributed by atoms with Gasteiger partial charge in [-0.15, -0.1) is 12.4 Å². The van der Waals surface area contributed by atoms with E-state index < -0.39 is 26.5 Å². The van der Waals surface area contributed by atoms with Crippen LogP contribution in [0.4, 0.5) is 0 Å².